The van der Waals surface area contributed by atoms with Crippen molar-refractivity contribution in [1.82, 2.24) is 8.80 Å². The fraction of sp³-hybridized carbons (Fsp3) is 0.100. The van der Waals surface area contributed by atoms with Crippen LogP contribution in [0.25, 0.3) is 76.2 Å². The van der Waals surface area contributed by atoms with Crippen LogP contribution in [0.5, 0.6) is 0 Å². The Morgan fingerprint density at radius 2 is 0.750 bits per heavy atom. The van der Waals surface area contributed by atoms with E-state index in [4.69, 9.17) is 8.22 Å². The van der Waals surface area contributed by atoms with Gasteiger partial charge in [0.25, 0.3) is 0 Å². The Hall–Kier alpha value is -7.82. The molecule has 9 aromatic carbocycles. The summed E-state index contributed by atoms with van der Waals surface area (Å²) in [4.78, 5) is 3.64. The van der Waals surface area contributed by atoms with E-state index < -0.39 is 36.3 Å². The summed E-state index contributed by atoms with van der Waals surface area (Å²) < 4.78 is 93.3. The van der Waals surface area contributed by atoms with Crippen LogP contribution in [0.1, 0.15) is 64.4 Å². The zero-order valence-corrected chi connectivity index (χ0v) is 35.6. The van der Waals surface area contributed by atoms with Crippen molar-refractivity contribution in [1.29, 1.82) is 0 Å². The topological polar surface area (TPSA) is 15.3 Å². The van der Waals surface area contributed by atoms with Crippen molar-refractivity contribution in [2.75, 3.05) is 9.80 Å². The first kappa shape index (κ1) is 28.0. The van der Waals surface area contributed by atoms with Crippen LogP contribution >= 0.6 is 0 Å². The molecule has 4 heterocycles. The molecule has 0 unspecified atom stereocenters. The molecule has 0 aliphatic rings. The van der Waals surface area contributed by atoms with Crippen molar-refractivity contribution in [3.8, 4) is 0 Å². The number of hydrogen-bond acceptors (Lipinski definition) is 2. The van der Waals surface area contributed by atoms with E-state index in [9.17, 15) is 5.48 Å². The summed E-state index contributed by atoms with van der Waals surface area (Å²) >= 11 is 0. The highest BCUT2D eigenvalue weighted by Gasteiger charge is 2.27. The van der Waals surface area contributed by atoms with E-state index in [1.165, 1.54) is 0 Å². The fourth-order valence-corrected chi connectivity index (χ4v) is 10.4. The third-order valence-corrected chi connectivity index (χ3v) is 13.3. The molecule has 0 amide bonds. The molecule has 4 aromatic heterocycles. The molecule has 0 saturated carbocycles. The lowest BCUT2D eigenvalue weighted by Gasteiger charge is -2.27. The number of rotatable bonds is 8. The second-order valence-corrected chi connectivity index (χ2v) is 17.4. The largest absolute Gasteiger partial charge is 0.310 e. The van der Waals surface area contributed by atoms with Crippen LogP contribution in [-0.4, -0.2) is 8.80 Å². The lowest BCUT2D eigenvalue weighted by atomic mass is 10.0. The van der Waals surface area contributed by atoms with E-state index in [-0.39, 0.29) is 47.4 Å². The third kappa shape index (κ3) is 5.17. The van der Waals surface area contributed by atoms with Gasteiger partial charge in [-0.15, -0.1) is 0 Å². The smallest absolute Gasteiger partial charge is 0.0645 e. The van der Waals surface area contributed by atoms with Crippen molar-refractivity contribution in [2.45, 2.75) is 39.5 Å². The van der Waals surface area contributed by atoms with Gasteiger partial charge >= 0.3 is 0 Å². The van der Waals surface area contributed by atoms with E-state index in [0.29, 0.717) is 22.7 Å². The molecule has 4 heteroatoms. The maximum atomic E-state index is 9.21. The Bertz CT molecular complexity index is 4160. The molecule has 0 fully saturated rings. The molecule has 13 aromatic rings. The summed E-state index contributed by atoms with van der Waals surface area (Å²) in [6, 6.07) is 41.5. The zero-order valence-electron chi connectivity index (χ0n) is 45.6. The standard InChI is InChI=1S/C60H46N4/c1-37(2)39-27-31-43(32-28-39)61(41-15-7-5-8-16-41)51-23-13-25-53-57(51)47-21-11-19-45-49-36-56-50(35-55(49)63(53)59(45)47)46-20-12-22-48-58-52(24-14-26-54(58)64(56)60(46)48)62(42-17-9-6-10-18-42)44-33-29-40(30-34-44)38(3)4/h5-38H,1-4H3/i5D,6D,7D,8D,9D,10D,15D,16D,17D,18D. The quantitative estimate of drug-likeness (QED) is 0.152. The maximum Gasteiger partial charge on any atom is 0.0645 e. The lowest BCUT2D eigenvalue weighted by Crippen LogP contribution is -2.10. The van der Waals surface area contributed by atoms with E-state index in [1.54, 1.807) is 0 Å². The lowest BCUT2D eigenvalue weighted by molar-refractivity contribution is 0.866. The summed E-state index contributed by atoms with van der Waals surface area (Å²) in [6.45, 7) is 8.48. The van der Waals surface area contributed by atoms with Gasteiger partial charge in [-0.3, -0.25) is 0 Å². The molecule has 306 valence electrons. The predicted molar refractivity (Wildman–Crippen MR) is 273 cm³/mol. The molecule has 4 nitrogen and oxygen atoms in total. The summed E-state index contributed by atoms with van der Waals surface area (Å²) in [7, 11) is 0. The van der Waals surface area contributed by atoms with Crippen LogP contribution in [0, 0.1) is 0 Å². The van der Waals surface area contributed by atoms with Crippen molar-refractivity contribution < 1.29 is 13.7 Å². The summed E-state index contributed by atoms with van der Waals surface area (Å²) in [5, 5.41) is 7.79. The number of hydrogen-bond donors (Lipinski definition) is 0. The molecular weight excluding hydrogens is 777 g/mol. The normalized spacial score (nSPS) is 14.5. The Kier molecular flexibility index (Phi) is 6.05. The van der Waals surface area contributed by atoms with Crippen LogP contribution in [0.4, 0.5) is 34.1 Å². The third-order valence-electron chi connectivity index (χ3n) is 13.3. The number of nitrogens with zero attached hydrogens (tertiary/aromatic N) is 4. The van der Waals surface area contributed by atoms with Crippen molar-refractivity contribution in [3.05, 3.63) is 205 Å². The molecule has 0 N–H and O–H groups in total. The number of aromatic nitrogens is 2. The molecule has 13 rings (SSSR count). The highest BCUT2D eigenvalue weighted by Crippen LogP contribution is 2.50. The van der Waals surface area contributed by atoms with Gasteiger partial charge in [0.2, 0.25) is 0 Å². The van der Waals surface area contributed by atoms with Gasteiger partial charge in [-0.2, -0.15) is 0 Å². The first-order valence-corrected chi connectivity index (χ1v) is 21.8. The van der Waals surface area contributed by atoms with Gasteiger partial charge in [-0.25, -0.2) is 0 Å². The van der Waals surface area contributed by atoms with Crippen molar-refractivity contribution >= 4 is 110 Å². The Morgan fingerprint density at radius 3 is 1.14 bits per heavy atom. The first-order chi connectivity index (χ1) is 35.6. The van der Waals surface area contributed by atoms with Gasteiger partial charge in [-0.1, -0.05) is 137 Å². The minimum atomic E-state index is -0.449. The minimum absolute atomic E-state index is 0.0685. The molecule has 0 saturated heterocycles. The van der Waals surface area contributed by atoms with Gasteiger partial charge in [0.1, 0.15) is 0 Å². The number of anilines is 6. The van der Waals surface area contributed by atoms with E-state index in [0.717, 1.165) is 87.3 Å². The Morgan fingerprint density at radius 1 is 0.375 bits per heavy atom. The first-order valence-electron chi connectivity index (χ1n) is 26.8. The van der Waals surface area contributed by atoms with E-state index >= 15 is 0 Å². The molecule has 64 heavy (non-hydrogen) atoms. The molecular formula is C60H46N4. The van der Waals surface area contributed by atoms with Crippen LogP contribution < -0.4 is 9.80 Å². The Balaban J connectivity index is 1.08. The van der Waals surface area contributed by atoms with Crippen molar-refractivity contribution in [3.63, 3.8) is 0 Å². The predicted octanol–water partition coefficient (Wildman–Crippen LogP) is 17.2. The average molecular weight is 833 g/mol. The molecule has 0 radical (unpaired) electrons. The SMILES string of the molecule is [2H]c1c([2H])c([2H])c(N(c2ccc(C(C)C)cc2)c2cccc3c2c2cccc4c5cc6c(cc5n3c42)c2cccc3c4c(N(c5ccc(C(C)C)cc5)c5c([2H])c([2H])c([2H])c([2H])c5[2H])cccc4n6c23)c([2H])c1[2H]. The number of benzene rings is 9. The highest BCUT2D eigenvalue weighted by molar-refractivity contribution is 6.31. The van der Waals surface area contributed by atoms with Crippen LogP contribution in [0.3, 0.4) is 0 Å². The molecule has 0 aliphatic carbocycles. The van der Waals surface area contributed by atoms with Gasteiger partial charge in [0.05, 0.1) is 58.2 Å². The zero-order chi connectivity index (χ0) is 51.5. The maximum absolute atomic E-state index is 9.21. The Labute approximate surface area is 386 Å². The minimum Gasteiger partial charge on any atom is -0.310 e. The fourth-order valence-electron chi connectivity index (χ4n) is 10.4. The van der Waals surface area contributed by atoms with Crippen LogP contribution in [-0.2, 0) is 0 Å². The van der Waals surface area contributed by atoms with Crippen LogP contribution in [0.15, 0.2) is 194 Å². The molecule has 0 aliphatic heterocycles. The van der Waals surface area contributed by atoms with Crippen LogP contribution in [0.2, 0.25) is 0 Å². The van der Waals surface area contributed by atoms with Gasteiger partial charge in [-0.05, 0) is 108 Å². The van der Waals surface area contributed by atoms with Gasteiger partial charge < -0.3 is 18.6 Å². The molecule has 0 bridgehead atoms. The summed E-state index contributed by atoms with van der Waals surface area (Å²) in [5.41, 5.74) is 10.8. The highest BCUT2D eigenvalue weighted by atomic mass is 15.2. The van der Waals surface area contributed by atoms with Gasteiger partial charge in [0.15, 0.2) is 0 Å². The second-order valence-electron chi connectivity index (χ2n) is 17.4. The monoisotopic (exact) mass is 832 g/mol. The second kappa shape index (κ2) is 13.8. The van der Waals surface area contributed by atoms with E-state index in [2.05, 4.69) is 97.2 Å². The number of para-hydroxylation sites is 4. The molecule has 0 spiro atoms. The summed E-state index contributed by atoms with van der Waals surface area (Å²) in [6.07, 6.45) is 0. The summed E-state index contributed by atoms with van der Waals surface area (Å²) in [5.74, 6) is 0.524. The van der Waals surface area contributed by atoms with E-state index in [1.807, 2.05) is 82.6 Å². The van der Waals surface area contributed by atoms with Gasteiger partial charge in [0, 0.05) is 65.8 Å². The van der Waals surface area contributed by atoms with Crippen molar-refractivity contribution in [2.24, 2.45) is 0 Å². The molecule has 0 atom stereocenters. The average Bonchev–Trinajstić information content (AvgIpc) is 4.14. The number of fused-ring (bicyclic) bond motifs is 12.